The van der Waals surface area contributed by atoms with Crippen LogP contribution in [-0.2, 0) is 0 Å². The Bertz CT molecular complexity index is 1470. The van der Waals surface area contributed by atoms with Crippen LogP contribution in [0.3, 0.4) is 0 Å². The lowest BCUT2D eigenvalue weighted by Gasteiger charge is -2.06. The third-order valence-corrected chi connectivity index (χ3v) is 6.32. The molecule has 1 amide bonds. The molecule has 0 spiro atoms. The number of benzene rings is 2. The van der Waals surface area contributed by atoms with E-state index in [-0.39, 0.29) is 5.56 Å². The molecule has 0 aliphatic carbocycles. The number of hydrogen-bond donors (Lipinski definition) is 1. The van der Waals surface area contributed by atoms with E-state index in [0.29, 0.717) is 32.5 Å². The highest BCUT2D eigenvalue weighted by molar-refractivity contribution is 7.99. The number of rotatable bonds is 4. The van der Waals surface area contributed by atoms with Gasteiger partial charge in [0.25, 0.3) is 5.91 Å². The Labute approximate surface area is 182 Å². The number of aromatic nitrogens is 5. The number of carbonyl (C=O) groups is 1. The van der Waals surface area contributed by atoms with Gasteiger partial charge in [0, 0.05) is 18.7 Å². The zero-order chi connectivity index (χ0) is 21.5. The molecule has 154 valence electrons. The van der Waals surface area contributed by atoms with Crippen molar-refractivity contribution < 1.29 is 13.6 Å². The second-order valence-electron chi connectivity index (χ2n) is 6.45. The largest absolute Gasteiger partial charge is 0.355 e. The molecule has 5 rings (SSSR count). The monoisotopic (exact) mass is 454 g/mol. The van der Waals surface area contributed by atoms with Gasteiger partial charge in [0.1, 0.15) is 11.6 Å². The Kier molecular flexibility index (Phi) is 4.83. The van der Waals surface area contributed by atoms with Gasteiger partial charge in [0.15, 0.2) is 5.65 Å². The molecular formula is C20H12F2N6OS2. The number of nitrogens with one attached hydrogen (secondary N) is 1. The molecule has 0 unspecified atom stereocenters. The van der Waals surface area contributed by atoms with Crippen molar-refractivity contribution in [3.05, 3.63) is 65.2 Å². The summed E-state index contributed by atoms with van der Waals surface area (Å²) in [6.45, 7) is 0. The topological polar surface area (TPSA) is 85.1 Å². The number of carbonyl (C=O) groups excluding carboxylic acids is 1. The average molecular weight is 454 g/mol. The van der Waals surface area contributed by atoms with Crippen molar-refractivity contribution in [2.45, 2.75) is 10.1 Å². The quantitative estimate of drug-likeness (QED) is 0.438. The maximum absolute atomic E-state index is 14.5. The van der Waals surface area contributed by atoms with Gasteiger partial charge in [-0.15, -0.1) is 21.5 Å². The molecule has 0 saturated heterocycles. The maximum atomic E-state index is 14.5. The molecule has 0 fully saturated rings. The predicted molar refractivity (Wildman–Crippen MR) is 113 cm³/mol. The molecule has 2 aromatic carbocycles. The van der Waals surface area contributed by atoms with Gasteiger partial charge in [-0.1, -0.05) is 6.07 Å². The first kappa shape index (κ1) is 19.5. The predicted octanol–water partition coefficient (Wildman–Crippen LogP) is 4.19. The molecule has 0 aliphatic heterocycles. The van der Waals surface area contributed by atoms with E-state index in [1.807, 2.05) is 0 Å². The molecular weight excluding hydrogens is 442 g/mol. The van der Waals surface area contributed by atoms with Crippen LogP contribution in [0.1, 0.15) is 10.4 Å². The Balaban J connectivity index is 1.53. The smallest absolute Gasteiger partial charge is 0.253 e. The Morgan fingerprint density at radius 2 is 1.97 bits per heavy atom. The number of hydrogen-bond acceptors (Lipinski definition) is 7. The van der Waals surface area contributed by atoms with Crippen LogP contribution in [0.5, 0.6) is 0 Å². The minimum Gasteiger partial charge on any atom is -0.355 e. The minimum absolute atomic E-state index is 0.0539. The molecule has 0 radical (unpaired) electrons. The first-order valence-corrected chi connectivity index (χ1v) is 10.7. The fourth-order valence-electron chi connectivity index (χ4n) is 3.02. The van der Waals surface area contributed by atoms with Gasteiger partial charge in [-0.25, -0.2) is 13.8 Å². The number of thiazole rings is 1. The fourth-order valence-corrected chi connectivity index (χ4v) is 4.62. The first-order chi connectivity index (χ1) is 15.0. The van der Waals surface area contributed by atoms with Crippen molar-refractivity contribution >= 4 is 44.9 Å². The fraction of sp³-hybridized carbons (Fsp3) is 0.0500. The molecule has 0 atom stereocenters. The van der Waals surface area contributed by atoms with Crippen molar-refractivity contribution in [2.24, 2.45) is 0 Å². The summed E-state index contributed by atoms with van der Waals surface area (Å²) < 4.78 is 31.2. The molecule has 7 nitrogen and oxygen atoms in total. The van der Waals surface area contributed by atoms with Crippen LogP contribution >= 0.6 is 23.1 Å². The molecule has 31 heavy (non-hydrogen) atoms. The number of nitrogens with zero attached hydrogens (tertiary/aromatic N) is 5. The Morgan fingerprint density at radius 3 is 2.77 bits per heavy atom. The van der Waals surface area contributed by atoms with Crippen LogP contribution in [0.2, 0.25) is 0 Å². The second-order valence-corrected chi connectivity index (χ2v) is 8.35. The highest BCUT2D eigenvalue weighted by Crippen LogP contribution is 2.33. The molecule has 1 N–H and O–H groups in total. The van der Waals surface area contributed by atoms with E-state index < -0.39 is 17.5 Å². The number of halogens is 2. The van der Waals surface area contributed by atoms with Crippen LogP contribution < -0.4 is 5.32 Å². The first-order valence-electron chi connectivity index (χ1n) is 8.98. The lowest BCUT2D eigenvalue weighted by atomic mass is 10.1. The summed E-state index contributed by atoms with van der Waals surface area (Å²) in [7, 11) is 1.44. The number of fused-ring (bicyclic) bond motifs is 2. The van der Waals surface area contributed by atoms with Gasteiger partial charge in [0.05, 0.1) is 31.9 Å². The third kappa shape index (κ3) is 3.51. The van der Waals surface area contributed by atoms with E-state index in [4.69, 9.17) is 0 Å². The summed E-state index contributed by atoms with van der Waals surface area (Å²) in [5, 5.41) is 15.4. The summed E-state index contributed by atoms with van der Waals surface area (Å²) in [4.78, 5) is 16.2. The van der Waals surface area contributed by atoms with E-state index >= 15 is 0 Å². The molecule has 11 heteroatoms. The van der Waals surface area contributed by atoms with Gasteiger partial charge in [-0.05, 0) is 42.1 Å². The van der Waals surface area contributed by atoms with Crippen molar-refractivity contribution in [1.29, 1.82) is 0 Å². The number of amides is 1. The van der Waals surface area contributed by atoms with Crippen LogP contribution in [0.4, 0.5) is 8.78 Å². The van der Waals surface area contributed by atoms with E-state index in [0.717, 1.165) is 16.5 Å². The second kappa shape index (κ2) is 7.67. The summed E-state index contributed by atoms with van der Waals surface area (Å²) in [5.74, 6) is -1.58. The van der Waals surface area contributed by atoms with Crippen LogP contribution in [-0.4, -0.2) is 37.8 Å². The van der Waals surface area contributed by atoms with Crippen molar-refractivity contribution in [1.82, 2.24) is 30.1 Å². The summed E-state index contributed by atoms with van der Waals surface area (Å²) in [6.07, 6.45) is 0. The van der Waals surface area contributed by atoms with Crippen molar-refractivity contribution in [3.63, 3.8) is 0 Å². The van der Waals surface area contributed by atoms with Gasteiger partial charge < -0.3 is 5.32 Å². The van der Waals surface area contributed by atoms with Gasteiger partial charge in [-0.3, -0.25) is 4.79 Å². The maximum Gasteiger partial charge on any atom is 0.253 e. The highest BCUT2D eigenvalue weighted by atomic mass is 32.2. The molecule has 3 heterocycles. The zero-order valence-electron chi connectivity index (χ0n) is 15.8. The van der Waals surface area contributed by atoms with E-state index in [9.17, 15) is 13.6 Å². The van der Waals surface area contributed by atoms with E-state index in [2.05, 4.69) is 25.6 Å². The summed E-state index contributed by atoms with van der Waals surface area (Å²) in [6, 6.07) is 10.7. The Morgan fingerprint density at radius 1 is 1.10 bits per heavy atom. The lowest BCUT2D eigenvalue weighted by Crippen LogP contribution is -2.19. The lowest BCUT2D eigenvalue weighted by molar-refractivity contribution is 0.0959. The van der Waals surface area contributed by atoms with Gasteiger partial charge in [0.2, 0.25) is 5.16 Å². The highest BCUT2D eigenvalue weighted by Gasteiger charge is 2.16. The third-order valence-electron chi connectivity index (χ3n) is 4.56. The summed E-state index contributed by atoms with van der Waals surface area (Å²) >= 11 is 2.51. The molecule has 3 aromatic heterocycles. The van der Waals surface area contributed by atoms with Crippen LogP contribution in [0, 0.1) is 11.6 Å². The van der Waals surface area contributed by atoms with E-state index in [1.54, 1.807) is 29.8 Å². The Hall–Kier alpha value is -3.44. The normalized spacial score (nSPS) is 11.3. The van der Waals surface area contributed by atoms with Crippen molar-refractivity contribution in [2.75, 3.05) is 7.05 Å². The molecule has 0 bridgehead atoms. The zero-order valence-corrected chi connectivity index (χ0v) is 17.5. The molecule has 0 aliphatic rings. The van der Waals surface area contributed by atoms with Gasteiger partial charge in [-0.2, -0.15) is 9.61 Å². The summed E-state index contributed by atoms with van der Waals surface area (Å²) in [5.41, 5.74) is 3.60. The van der Waals surface area contributed by atoms with Gasteiger partial charge >= 0.3 is 0 Å². The van der Waals surface area contributed by atoms with E-state index in [1.165, 1.54) is 41.1 Å². The molecule has 0 saturated carbocycles. The SMILES string of the molecule is CNC(=O)c1ccc(-c2ccc3nnc(Sc4cc5scnc5cc4F)n3n2)cc1F. The minimum atomic E-state index is -0.656. The van der Waals surface area contributed by atoms with Crippen LogP contribution in [0.25, 0.3) is 27.1 Å². The van der Waals surface area contributed by atoms with Crippen LogP contribution in [0.15, 0.2) is 58.0 Å². The van der Waals surface area contributed by atoms with Crippen molar-refractivity contribution in [3.8, 4) is 11.3 Å². The average Bonchev–Trinajstić information content (AvgIpc) is 3.39. The molecule has 5 aromatic rings. The standard InChI is InChI=1S/C20H12F2N6OS2/c1-23-19(29)11-3-2-10(6-12(11)21)14-4-5-18-25-26-20(28(18)27-14)31-16-8-17-15(7-13(16)22)24-9-30-17/h2-9H,1H3,(H,23,29).